The van der Waals surface area contributed by atoms with Crippen LogP contribution in [0.3, 0.4) is 0 Å². The first-order chi connectivity index (χ1) is 12.5. The van der Waals surface area contributed by atoms with Gasteiger partial charge in [0.15, 0.2) is 0 Å². The third kappa shape index (κ3) is 2.12. The molecule has 2 fully saturated rings. The highest BCUT2D eigenvalue weighted by molar-refractivity contribution is 5.94. The van der Waals surface area contributed by atoms with Crippen molar-refractivity contribution in [3.63, 3.8) is 0 Å². The van der Waals surface area contributed by atoms with Gasteiger partial charge >= 0.3 is 11.9 Å². The Hall–Kier alpha value is -2.17. The van der Waals surface area contributed by atoms with Crippen molar-refractivity contribution in [2.24, 2.45) is 28.6 Å². The molecule has 0 radical (unpaired) electrons. The van der Waals surface area contributed by atoms with Crippen molar-refractivity contribution >= 4 is 17.7 Å². The van der Waals surface area contributed by atoms with Crippen LogP contribution in [0.5, 0.6) is 0 Å². The topological polar surface area (TPSA) is 69.7 Å². The lowest BCUT2D eigenvalue weighted by Gasteiger charge is -2.59. The van der Waals surface area contributed by atoms with E-state index in [1.807, 2.05) is 18.2 Å². The number of methoxy groups -OCH3 is 2. The van der Waals surface area contributed by atoms with Crippen molar-refractivity contribution in [1.29, 1.82) is 0 Å². The molecule has 5 atom stereocenters. The zero-order valence-corrected chi connectivity index (χ0v) is 15.2. The van der Waals surface area contributed by atoms with Crippen LogP contribution in [0.4, 0.5) is 0 Å². The van der Waals surface area contributed by atoms with Crippen LogP contribution >= 0.6 is 0 Å². The second-order valence-electron chi connectivity index (χ2n) is 7.93. The molecule has 2 saturated carbocycles. The molecule has 138 valence electrons. The summed E-state index contributed by atoms with van der Waals surface area (Å²) in [5.41, 5.74) is -0.592. The van der Waals surface area contributed by atoms with Crippen LogP contribution in [0.2, 0.25) is 0 Å². The van der Waals surface area contributed by atoms with Crippen molar-refractivity contribution in [2.75, 3.05) is 14.2 Å². The van der Waals surface area contributed by atoms with E-state index in [9.17, 15) is 14.4 Å². The maximum atomic E-state index is 13.1. The Morgan fingerprint density at radius 3 is 2.65 bits per heavy atom. The van der Waals surface area contributed by atoms with Crippen molar-refractivity contribution in [2.45, 2.75) is 32.1 Å². The van der Waals surface area contributed by atoms with Crippen LogP contribution in [0, 0.1) is 28.6 Å². The SMILES string of the molecule is COC(=O)/C=C1\CCCC2(C(=O)OC)C1C=C[C@]13C=CC(CC1=O)CC23. The number of esters is 2. The largest absolute Gasteiger partial charge is 0.469 e. The highest BCUT2D eigenvalue weighted by Gasteiger charge is 2.65. The molecule has 2 bridgehead atoms. The van der Waals surface area contributed by atoms with E-state index in [-0.39, 0.29) is 29.5 Å². The molecular weight excluding hydrogens is 332 g/mol. The maximum Gasteiger partial charge on any atom is 0.330 e. The van der Waals surface area contributed by atoms with Gasteiger partial charge in [0.25, 0.3) is 0 Å². The lowest BCUT2D eigenvalue weighted by atomic mass is 9.43. The highest BCUT2D eigenvalue weighted by Crippen LogP contribution is 2.64. The van der Waals surface area contributed by atoms with Gasteiger partial charge in [-0.15, -0.1) is 0 Å². The van der Waals surface area contributed by atoms with Crippen molar-refractivity contribution in [1.82, 2.24) is 0 Å². The lowest BCUT2D eigenvalue weighted by Crippen LogP contribution is -2.60. The molecule has 5 aliphatic rings. The average molecular weight is 356 g/mol. The number of hydrogen-bond donors (Lipinski definition) is 0. The van der Waals surface area contributed by atoms with Crippen LogP contribution in [0.1, 0.15) is 32.1 Å². The molecule has 5 aliphatic carbocycles. The van der Waals surface area contributed by atoms with Gasteiger partial charge < -0.3 is 9.47 Å². The third-order valence-electron chi connectivity index (χ3n) is 6.96. The fraction of sp³-hybridized carbons (Fsp3) is 0.571. The van der Waals surface area contributed by atoms with Gasteiger partial charge in [0.05, 0.1) is 25.0 Å². The quantitative estimate of drug-likeness (QED) is 0.432. The Balaban J connectivity index is 1.89. The fourth-order valence-electron chi connectivity index (χ4n) is 5.84. The van der Waals surface area contributed by atoms with Gasteiger partial charge in [0.2, 0.25) is 0 Å². The number of ketones is 1. The van der Waals surface area contributed by atoms with E-state index in [4.69, 9.17) is 9.47 Å². The van der Waals surface area contributed by atoms with Crippen molar-refractivity contribution < 1.29 is 23.9 Å². The van der Waals surface area contributed by atoms with Gasteiger partial charge in [-0.1, -0.05) is 29.9 Å². The maximum absolute atomic E-state index is 13.1. The highest BCUT2D eigenvalue weighted by atomic mass is 16.5. The van der Waals surface area contributed by atoms with Crippen LogP contribution in [-0.2, 0) is 23.9 Å². The van der Waals surface area contributed by atoms with Crippen LogP contribution in [0.25, 0.3) is 0 Å². The number of rotatable bonds is 2. The molecule has 0 aromatic heterocycles. The Bertz CT molecular complexity index is 760. The Labute approximate surface area is 153 Å². The first-order valence-electron chi connectivity index (χ1n) is 9.27. The predicted molar refractivity (Wildman–Crippen MR) is 93.8 cm³/mol. The summed E-state index contributed by atoms with van der Waals surface area (Å²) in [5.74, 6) is -0.619. The molecule has 0 aromatic rings. The first kappa shape index (κ1) is 17.3. The van der Waals surface area contributed by atoms with E-state index in [1.54, 1.807) is 0 Å². The summed E-state index contributed by atoms with van der Waals surface area (Å²) in [5, 5.41) is 0. The minimum absolute atomic E-state index is 0.116. The zero-order valence-electron chi connectivity index (χ0n) is 15.2. The Kier molecular flexibility index (Phi) is 3.94. The number of fused-ring (bicyclic) bond motifs is 2. The van der Waals surface area contributed by atoms with Crippen molar-refractivity contribution in [3.8, 4) is 0 Å². The summed E-state index contributed by atoms with van der Waals surface area (Å²) in [6, 6.07) is 0. The number of ether oxygens (including phenoxy) is 2. The van der Waals surface area contributed by atoms with Crippen molar-refractivity contribution in [3.05, 3.63) is 36.0 Å². The smallest absolute Gasteiger partial charge is 0.330 e. The van der Waals surface area contributed by atoms with E-state index in [0.29, 0.717) is 12.8 Å². The fourth-order valence-corrected chi connectivity index (χ4v) is 5.84. The predicted octanol–water partition coefficient (Wildman–Crippen LogP) is 2.77. The normalized spacial score (nSPS) is 41.5. The van der Waals surface area contributed by atoms with E-state index in [2.05, 4.69) is 6.08 Å². The molecule has 0 aliphatic heterocycles. The zero-order chi connectivity index (χ0) is 18.5. The summed E-state index contributed by atoms with van der Waals surface area (Å²) in [7, 11) is 2.77. The lowest BCUT2D eigenvalue weighted by molar-refractivity contribution is -0.170. The number of allylic oxidation sites excluding steroid dienone is 5. The third-order valence-corrected chi connectivity index (χ3v) is 6.96. The number of carbonyl (C=O) groups is 3. The summed E-state index contributed by atoms with van der Waals surface area (Å²) < 4.78 is 10.1. The molecule has 4 unspecified atom stereocenters. The Morgan fingerprint density at radius 2 is 1.96 bits per heavy atom. The molecule has 0 heterocycles. The average Bonchev–Trinajstić information content (AvgIpc) is 2.66. The summed E-state index contributed by atoms with van der Waals surface area (Å²) in [4.78, 5) is 37.9. The molecule has 0 amide bonds. The molecule has 0 aromatic carbocycles. The number of Topliss-reactive ketones (excluding diaryl/α,β-unsaturated/α-hetero) is 1. The monoisotopic (exact) mass is 356 g/mol. The van der Waals surface area contributed by atoms with Gasteiger partial charge in [0.1, 0.15) is 5.78 Å². The standard InChI is InChI=1S/C21H24O5/c1-25-18(23)12-14-4-3-7-21(19(24)26-2)15(14)6-9-20-8-5-13(10-16(20)21)11-17(20)22/h5-6,8-9,12-13,15-16H,3-4,7,10-11H2,1-2H3/b14-12+/t13?,15?,16?,20-,21?/m0/s1. The minimum atomic E-state index is -0.791. The molecule has 5 heteroatoms. The molecular formula is C21H24O5. The van der Waals surface area contributed by atoms with E-state index < -0.39 is 16.8 Å². The first-order valence-corrected chi connectivity index (χ1v) is 9.27. The summed E-state index contributed by atoms with van der Waals surface area (Å²) in [6.07, 6.45) is 13.2. The molecule has 1 spiro atoms. The second kappa shape index (κ2) is 5.93. The minimum Gasteiger partial charge on any atom is -0.469 e. The Morgan fingerprint density at radius 1 is 1.19 bits per heavy atom. The summed E-state index contributed by atoms with van der Waals surface area (Å²) >= 11 is 0. The molecule has 5 nitrogen and oxygen atoms in total. The van der Waals surface area contributed by atoms with Gasteiger partial charge in [-0.25, -0.2) is 4.79 Å². The van der Waals surface area contributed by atoms with E-state index in [1.165, 1.54) is 20.3 Å². The molecule has 26 heavy (non-hydrogen) atoms. The molecule has 0 saturated heterocycles. The van der Waals surface area contributed by atoms with Crippen LogP contribution in [0.15, 0.2) is 36.0 Å². The number of carbonyl (C=O) groups excluding carboxylic acids is 3. The molecule has 5 rings (SSSR count). The van der Waals surface area contributed by atoms with E-state index >= 15 is 0 Å². The number of hydrogen-bond acceptors (Lipinski definition) is 5. The molecule has 0 N–H and O–H groups in total. The van der Waals surface area contributed by atoms with Gasteiger partial charge in [0, 0.05) is 18.4 Å². The van der Waals surface area contributed by atoms with Crippen LogP contribution < -0.4 is 0 Å². The van der Waals surface area contributed by atoms with Gasteiger partial charge in [-0.3, -0.25) is 9.59 Å². The second-order valence-corrected chi connectivity index (χ2v) is 7.93. The van der Waals surface area contributed by atoms with Crippen LogP contribution in [-0.4, -0.2) is 31.9 Å². The van der Waals surface area contributed by atoms with E-state index in [0.717, 1.165) is 24.8 Å². The van der Waals surface area contributed by atoms with Gasteiger partial charge in [-0.2, -0.15) is 0 Å². The van der Waals surface area contributed by atoms with Gasteiger partial charge in [-0.05, 0) is 37.5 Å². The summed E-state index contributed by atoms with van der Waals surface area (Å²) in [6.45, 7) is 0.